The lowest BCUT2D eigenvalue weighted by atomic mass is 9.79. The van der Waals surface area contributed by atoms with Crippen molar-refractivity contribution in [3.63, 3.8) is 0 Å². The highest BCUT2D eigenvalue weighted by atomic mass is 19.1. The van der Waals surface area contributed by atoms with Gasteiger partial charge in [-0.15, -0.1) is 0 Å². The minimum absolute atomic E-state index is 0.197. The van der Waals surface area contributed by atoms with E-state index in [2.05, 4.69) is 0 Å². The molecule has 6 heteroatoms. The van der Waals surface area contributed by atoms with Crippen molar-refractivity contribution in [3.05, 3.63) is 83.4 Å². The van der Waals surface area contributed by atoms with Crippen LogP contribution in [0.1, 0.15) is 21.6 Å². The Hall–Kier alpha value is -2.70. The summed E-state index contributed by atoms with van der Waals surface area (Å²) in [6, 6.07) is 14.5. The number of nitrogens with zero attached hydrogens (tertiary/aromatic N) is 1. The molecule has 0 bridgehead atoms. The molecule has 3 aromatic rings. The molecule has 0 unspecified atom stereocenters. The zero-order valence-electron chi connectivity index (χ0n) is 12.6. The number of fused-ring (bicyclic) bond motifs is 1. The van der Waals surface area contributed by atoms with Gasteiger partial charge in [0.2, 0.25) is 5.78 Å². The van der Waals surface area contributed by atoms with Crippen molar-refractivity contribution >= 4 is 18.4 Å². The first-order valence-electron chi connectivity index (χ1n) is 7.54. The van der Waals surface area contributed by atoms with E-state index in [-0.39, 0.29) is 11.6 Å². The molecule has 1 aliphatic heterocycles. The Labute approximate surface area is 138 Å². The Bertz CT molecular complexity index is 920. The van der Waals surface area contributed by atoms with Crippen LogP contribution in [-0.4, -0.2) is 22.5 Å². The Morgan fingerprint density at radius 1 is 1.17 bits per heavy atom. The van der Waals surface area contributed by atoms with Gasteiger partial charge in [0, 0.05) is 17.4 Å². The average Bonchev–Trinajstić information content (AvgIpc) is 3.22. The largest absolute Gasteiger partial charge is 0.491 e. The number of hydrogen-bond donors (Lipinski definition) is 1. The summed E-state index contributed by atoms with van der Waals surface area (Å²) in [4.78, 5) is 12.7. The van der Waals surface area contributed by atoms with Crippen LogP contribution in [0.5, 0.6) is 0 Å². The molecule has 0 aliphatic carbocycles. The van der Waals surface area contributed by atoms with Crippen LogP contribution in [0.4, 0.5) is 4.39 Å². The maximum absolute atomic E-state index is 13.0. The lowest BCUT2D eigenvalue weighted by Crippen LogP contribution is -2.28. The number of ketones is 1. The SMILES string of the molecule is O=C(c1ccc(F)cc1)c1cccn1-c1ccc2c(c1)B(O)OC2. The predicted molar refractivity (Wildman–Crippen MR) is 88.0 cm³/mol. The van der Waals surface area contributed by atoms with Crippen molar-refractivity contribution in [3.8, 4) is 5.69 Å². The molecule has 4 nitrogen and oxygen atoms in total. The zero-order chi connectivity index (χ0) is 16.7. The first kappa shape index (κ1) is 14.9. The molecule has 0 atom stereocenters. The average molecular weight is 321 g/mol. The maximum atomic E-state index is 13.0. The van der Waals surface area contributed by atoms with Gasteiger partial charge in [0.25, 0.3) is 0 Å². The second-order valence-corrected chi connectivity index (χ2v) is 5.65. The van der Waals surface area contributed by atoms with Gasteiger partial charge in [0.05, 0.1) is 12.3 Å². The van der Waals surface area contributed by atoms with Crippen LogP contribution < -0.4 is 5.46 Å². The van der Waals surface area contributed by atoms with Crippen LogP contribution >= 0.6 is 0 Å². The first-order valence-corrected chi connectivity index (χ1v) is 7.54. The van der Waals surface area contributed by atoms with Crippen LogP contribution in [-0.2, 0) is 11.3 Å². The van der Waals surface area contributed by atoms with Crippen molar-refractivity contribution in [2.45, 2.75) is 6.61 Å². The number of hydrogen-bond acceptors (Lipinski definition) is 3. The summed E-state index contributed by atoms with van der Waals surface area (Å²) in [7, 11) is -0.938. The fourth-order valence-electron chi connectivity index (χ4n) is 2.89. The van der Waals surface area contributed by atoms with Crippen molar-refractivity contribution in [1.82, 2.24) is 4.57 Å². The number of rotatable bonds is 3. The summed E-state index contributed by atoms with van der Waals surface area (Å²) in [6.45, 7) is 0.379. The quantitative estimate of drug-likeness (QED) is 0.593. The van der Waals surface area contributed by atoms with E-state index in [4.69, 9.17) is 4.65 Å². The van der Waals surface area contributed by atoms with Crippen LogP contribution in [0.2, 0.25) is 0 Å². The predicted octanol–water partition coefficient (Wildman–Crippen LogP) is 2.07. The van der Waals surface area contributed by atoms with E-state index in [1.165, 1.54) is 24.3 Å². The minimum Gasteiger partial charge on any atom is -0.423 e. The van der Waals surface area contributed by atoms with E-state index in [0.717, 1.165) is 11.3 Å². The van der Waals surface area contributed by atoms with E-state index < -0.39 is 7.12 Å². The number of aromatic nitrogens is 1. The molecule has 118 valence electrons. The van der Waals surface area contributed by atoms with Crippen LogP contribution in [0.3, 0.4) is 0 Å². The van der Waals surface area contributed by atoms with Gasteiger partial charge >= 0.3 is 7.12 Å². The summed E-state index contributed by atoms with van der Waals surface area (Å²) < 4.78 is 20.0. The number of carbonyl (C=O) groups excluding carboxylic acids is 1. The lowest BCUT2D eigenvalue weighted by Gasteiger charge is -2.10. The Morgan fingerprint density at radius 2 is 1.96 bits per heavy atom. The molecule has 24 heavy (non-hydrogen) atoms. The van der Waals surface area contributed by atoms with E-state index in [9.17, 15) is 14.2 Å². The fraction of sp³-hybridized carbons (Fsp3) is 0.0556. The highest BCUT2D eigenvalue weighted by molar-refractivity contribution is 6.61. The molecule has 2 heterocycles. The second-order valence-electron chi connectivity index (χ2n) is 5.65. The van der Waals surface area contributed by atoms with Crippen molar-refractivity contribution in [2.75, 3.05) is 0 Å². The summed E-state index contributed by atoms with van der Waals surface area (Å²) in [6.07, 6.45) is 1.78. The third-order valence-electron chi connectivity index (χ3n) is 4.16. The van der Waals surface area contributed by atoms with Gasteiger partial charge in [-0.25, -0.2) is 4.39 Å². The van der Waals surface area contributed by atoms with Gasteiger partial charge < -0.3 is 14.2 Å². The topological polar surface area (TPSA) is 51.5 Å². The molecule has 0 amide bonds. The molecule has 1 aromatic heterocycles. The molecule has 0 spiro atoms. The summed E-state index contributed by atoms with van der Waals surface area (Å²) in [5, 5.41) is 9.85. The van der Waals surface area contributed by atoms with Gasteiger partial charge in [0.15, 0.2) is 0 Å². The molecule has 2 aromatic carbocycles. The monoisotopic (exact) mass is 321 g/mol. The molecule has 0 fully saturated rings. The summed E-state index contributed by atoms with van der Waals surface area (Å²) in [5.41, 5.74) is 3.29. The van der Waals surface area contributed by atoms with Gasteiger partial charge in [-0.1, -0.05) is 6.07 Å². The third kappa shape index (κ3) is 2.46. The first-order chi connectivity index (χ1) is 11.6. The van der Waals surface area contributed by atoms with E-state index in [1.807, 2.05) is 18.2 Å². The smallest absolute Gasteiger partial charge is 0.423 e. The molecule has 4 rings (SSSR count). The molecule has 1 N–H and O–H groups in total. The van der Waals surface area contributed by atoms with E-state index in [0.29, 0.717) is 23.3 Å². The lowest BCUT2D eigenvalue weighted by molar-refractivity contribution is 0.103. The van der Waals surface area contributed by atoms with Crippen molar-refractivity contribution in [2.24, 2.45) is 0 Å². The summed E-state index contributed by atoms with van der Waals surface area (Å²) in [5.74, 6) is -0.577. The molecular formula is C18H13BFNO3. The zero-order valence-corrected chi connectivity index (χ0v) is 12.6. The Kier molecular flexibility index (Phi) is 3.56. The number of carbonyl (C=O) groups is 1. The van der Waals surface area contributed by atoms with Crippen LogP contribution in [0.15, 0.2) is 60.8 Å². The van der Waals surface area contributed by atoms with Crippen LogP contribution in [0, 0.1) is 5.82 Å². The van der Waals surface area contributed by atoms with Gasteiger partial charge in [-0.05, 0) is 59.6 Å². The number of halogens is 1. The van der Waals surface area contributed by atoms with E-state index >= 15 is 0 Å². The Balaban J connectivity index is 1.74. The number of benzene rings is 2. The third-order valence-corrected chi connectivity index (χ3v) is 4.16. The molecular weight excluding hydrogens is 308 g/mol. The van der Waals surface area contributed by atoms with Gasteiger partial charge in [0.1, 0.15) is 5.82 Å². The van der Waals surface area contributed by atoms with Crippen molar-refractivity contribution < 1.29 is 18.9 Å². The van der Waals surface area contributed by atoms with E-state index in [1.54, 1.807) is 22.9 Å². The van der Waals surface area contributed by atoms with Gasteiger partial charge in [-0.2, -0.15) is 0 Å². The minimum atomic E-state index is -0.938. The maximum Gasteiger partial charge on any atom is 0.491 e. The van der Waals surface area contributed by atoms with Gasteiger partial charge in [-0.3, -0.25) is 4.79 Å². The molecule has 0 saturated heterocycles. The van der Waals surface area contributed by atoms with Crippen molar-refractivity contribution in [1.29, 1.82) is 0 Å². The second kappa shape index (κ2) is 5.74. The fourth-order valence-corrected chi connectivity index (χ4v) is 2.89. The molecule has 0 radical (unpaired) electrons. The molecule has 1 aliphatic rings. The highest BCUT2D eigenvalue weighted by Gasteiger charge is 2.27. The normalized spacial score (nSPS) is 13.2. The molecule has 0 saturated carbocycles. The Morgan fingerprint density at radius 3 is 2.75 bits per heavy atom. The highest BCUT2D eigenvalue weighted by Crippen LogP contribution is 2.19. The summed E-state index contributed by atoms with van der Waals surface area (Å²) >= 11 is 0. The van der Waals surface area contributed by atoms with Crippen LogP contribution in [0.25, 0.3) is 5.69 Å². The standard InChI is InChI=1S/C18H13BFNO3/c20-14-6-3-12(4-7-14)18(22)17-2-1-9-21(17)15-8-5-13-11-24-19(23)16(13)10-15/h1-10,23H,11H2.